The van der Waals surface area contributed by atoms with Crippen LogP contribution in [0.15, 0.2) is 64.4 Å². The Balaban J connectivity index is 1.41. The summed E-state index contributed by atoms with van der Waals surface area (Å²) in [5, 5.41) is 2.80. The maximum atomic E-state index is 13.4. The third-order valence-electron chi connectivity index (χ3n) is 6.75. The minimum atomic E-state index is -3.81. The Kier molecular flexibility index (Phi) is 8.26. The molecule has 0 aromatic heterocycles. The molecule has 1 saturated heterocycles. The second kappa shape index (κ2) is 11.2. The lowest BCUT2D eigenvalue weighted by Crippen LogP contribution is -2.46. The standard InChI is InChI=1S/C25H33N3O5S2/c29-25(26-19-21-13-15-24(16-14-21)34(30,31)27-17-7-8-18-27)20-28(22-9-3-1-4-10-22)35(32,33)23-11-5-2-6-12-23/h2,5-6,11-16,22H,1,3-4,7-10,17-20H2,(H,26,29). The smallest absolute Gasteiger partial charge is 0.243 e. The van der Waals surface area contributed by atoms with Crippen LogP contribution in [0.2, 0.25) is 0 Å². The van der Waals surface area contributed by atoms with Crippen molar-refractivity contribution in [2.45, 2.75) is 67.3 Å². The van der Waals surface area contributed by atoms with Crippen LogP contribution in [-0.2, 0) is 31.4 Å². The maximum Gasteiger partial charge on any atom is 0.243 e. The maximum absolute atomic E-state index is 13.4. The van der Waals surface area contributed by atoms with E-state index in [4.69, 9.17) is 0 Å². The molecule has 1 aliphatic heterocycles. The number of hydrogen-bond acceptors (Lipinski definition) is 5. The molecule has 8 nitrogen and oxygen atoms in total. The van der Waals surface area contributed by atoms with E-state index in [-0.39, 0.29) is 34.8 Å². The number of carbonyl (C=O) groups excluding carboxylic acids is 1. The van der Waals surface area contributed by atoms with Crippen molar-refractivity contribution in [3.05, 3.63) is 60.2 Å². The zero-order chi connectivity index (χ0) is 24.9. The fraction of sp³-hybridized carbons (Fsp3) is 0.480. The largest absolute Gasteiger partial charge is 0.351 e. The summed E-state index contributed by atoms with van der Waals surface area (Å²) >= 11 is 0. The van der Waals surface area contributed by atoms with Gasteiger partial charge in [0.2, 0.25) is 26.0 Å². The van der Waals surface area contributed by atoms with Crippen molar-refractivity contribution in [2.75, 3.05) is 19.6 Å². The van der Waals surface area contributed by atoms with Crippen molar-refractivity contribution in [1.82, 2.24) is 13.9 Å². The normalized spacial score (nSPS) is 18.1. The van der Waals surface area contributed by atoms with Crippen LogP contribution in [0.3, 0.4) is 0 Å². The molecule has 1 amide bonds. The van der Waals surface area contributed by atoms with Gasteiger partial charge < -0.3 is 5.32 Å². The molecular weight excluding hydrogens is 486 g/mol. The van der Waals surface area contributed by atoms with Gasteiger partial charge in [-0.3, -0.25) is 4.79 Å². The SMILES string of the molecule is O=C(CN(C1CCCCC1)S(=O)(=O)c1ccccc1)NCc1ccc(S(=O)(=O)N2CCCC2)cc1. The minimum absolute atomic E-state index is 0.187. The number of hydrogen-bond donors (Lipinski definition) is 1. The second-order valence-corrected chi connectivity index (χ2v) is 13.0. The first kappa shape index (κ1) is 25.8. The van der Waals surface area contributed by atoms with E-state index in [0.717, 1.165) is 50.5 Å². The predicted molar refractivity (Wildman–Crippen MR) is 133 cm³/mol. The summed E-state index contributed by atoms with van der Waals surface area (Å²) < 4.78 is 55.0. The topological polar surface area (TPSA) is 104 Å². The van der Waals surface area contributed by atoms with E-state index >= 15 is 0 Å². The quantitative estimate of drug-likeness (QED) is 0.548. The van der Waals surface area contributed by atoms with Gasteiger partial charge in [-0.2, -0.15) is 8.61 Å². The Labute approximate surface area is 208 Å². The lowest BCUT2D eigenvalue weighted by atomic mass is 9.95. The summed E-state index contributed by atoms with van der Waals surface area (Å²) in [6.07, 6.45) is 6.20. The molecule has 0 radical (unpaired) electrons. The van der Waals surface area contributed by atoms with E-state index < -0.39 is 20.0 Å². The Hall–Kier alpha value is -2.27. The molecule has 0 unspecified atom stereocenters. The molecule has 10 heteroatoms. The van der Waals surface area contributed by atoms with Gasteiger partial charge in [0.25, 0.3) is 0 Å². The number of amides is 1. The number of nitrogens with zero attached hydrogens (tertiary/aromatic N) is 2. The van der Waals surface area contributed by atoms with Gasteiger partial charge in [0.1, 0.15) is 0 Å². The monoisotopic (exact) mass is 519 g/mol. The average molecular weight is 520 g/mol. The Morgan fingerprint density at radius 1 is 0.829 bits per heavy atom. The van der Waals surface area contributed by atoms with E-state index in [1.54, 1.807) is 54.6 Å². The molecule has 2 aromatic carbocycles. The van der Waals surface area contributed by atoms with Crippen LogP contribution in [0.1, 0.15) is 50.5 Å². The number of carbonyl (C=O) groups is 1. The first-order valence-electron chi connectivity index (χ1n) is 12.2. The van der Waals surface area contributed by atoms with Crippen LogP contribution in [0, 0.1) is 0 Å². The second-order valence-electron chi connectivity index (χ2n) is 9.19. The predicted octanol–water partition coefficient (Wildman–Crippen LogP) is 3.11. The fourth-order valence-corrected chi connectivity index (χ4v) is 7.94. The molecule has 1 N–H and O–H groups in total. The van der Waals surface area contributed by atoms with Crippen LogP contribution in [0.4, 0.5) is 0 Å². The van der Waals surface area contributed by atoms with Crippen molar-refractivity contribution in [2.24, 2.45) is 0 Å². The first-order valence-corrected chi connectivity index (χ1v) is 15.1. The van der Waals surface area contributed by atoms with Crippen LogP contribution in [0.5, 0.6) is 0 Å². The minimum Gasteiger partial charge on any atom is -0.351 e. The van der Waals surface area contributed by atoms with Gasteiger partial charge in [-0.05, 0) is 55.5 Å². The Bertz CT molecular complexity index is 1200. The molecule has 0 atom stereocenters. The van der Waals surface area contributed by atoms with Gasteiger partial charge >= 0.3 is 0 Å². The summed E-state index contributed by atoms with van der Waals surface area (Å²) in [4.78, 5) is 13.3. The molecule has 4 rings (SSSR count). The highest BCUT2D eigenvalue weighted by Crippen LogP contribution is 2.27. The lowest BCUT2D eigenvalue weighted by molar-refractivity contribution is -0.121. The molecule has 190 valence electrons. The van der Waals surface area contributed by atoms with Crippen LogP contribution >= 0.6 is 0 Å². The van der Waals surface area contributed by atoms with Gasteiger partial charge in [-0.1, -0.05) is 49.6 Å². The fourth-order valence-electron chi connectivity index (χ4n) is 4.76. The molecule has 1 heterocycles. The molecule has 1 saturated carbocycles. The molecule has 2 aliphatic rings. The van der Waals surface area contributed by atoms with Crippen LogP contribution in [0.25, 0.3) is 0 Å². The van der Waals surface area contributed by atoms with Crippen LogP contribution in [-0.4, -0.2) is 57.0 Å². The third-order valence-corrected chi connectivity index (χ3v) is 10.6. The summed E-state index contributed by atoms with van der Waals surface area (Å²) in [6, 6.07) is 14.5. The highest BCUT2D eigenvalue weighted by atomic mass is 32.2. The number of nitrogens with one attached hydrogen (secondary N) is 1. The zero-order valence-electron chi connectivity index (χ0n) is 19.8. The highest BCUT2D eigenvalue weighted by molar-refractivity contribution is 7.89. The Morgan fingerprint density at radius 2 is 1.46 bits per heavy atom. The first-order chi connectivity index (χ1) is 16.8. The van der Waals surface area contributed by atoms with Crippen molar-refractivity contribution in [3.8, 4) is 0 Å². The van der Waals surface area contributed by atoms with Crippen molar-refractivity contribution < 1.29 is 21.6 Å². The Morgan fingerprint density at radius 3 is 2.09 bits per heavy atom. The molecule has 2 fully saturated rings. The highest BCUT2D eigenvalue weighted by Gasteiger charge is 2.34. The van der Waals surface area contributed by atoms with Gasteiger partial charge in [0, 0.05) is 25.7 Å². The van der Waals surface area contributed by atoms with E-state index in [0.29, 0.717) is 13.1 Å². The van der Waals surface area contributed by atoms with Crippen molar-refractivity contribution >= 4 is 26.0 Å². The molecule has 35 heavy (non-hydrogen) atoms. The van der Waals surface area contributed by atoms with Crippen molar-refractivity contribution in [1.29, 1.82) is 0 Å². The molecule has 0 spiro atoms. The summed E-state index contributed by atoms with van der Waals surface area (Å²) in [5.41, 5.74) is 0.744. The van der Waals surface area contributed by atoms with E-state index in [1.807, 2.05) is 0 Å². The van der Waals surface area contributed by atoms with Crippen LogP contribution < -0.4 is 5.32 Å². The zero-order valence-corrected chi connectivity index (χ0v) is 21.4. The molecule has 1 aliphatic carbocycles. The lowest BCUT2D eigenvalue weighted by Gasteiger charge is -2.33. The molecule has 0 bridgehead atoms. The third kappa shape index (κ3) is 6.11. The summed E-state index contributed by atoms with van der Waals surface area (Å²) in [6.45, 7) is 1.03. The average Bonchev–Trinajstić information content (AvgIpc) is 3.43. The van der Waals surface area contributed by atoms with Gasteiger partial charge in [0.05, 0.1) is 16.3 Å². The summed E-state index contributed by atoms with van der Waals surface area (Å²) in [7, 11) is -7.29. The number of rotatable bonds is 9. The van der Waals surface area contributed by atoms with Gasteiger partial charge in [-0.15, -0.1) is 0 Å². The van der Waals surface area contributed by atoms with E-state index in [9.17, 15) is 21.6 Å². The molecular formula is C25H33N3O5S2. The molecule has 2 aromatic rings. The number of sulfonamides is 2. The van der Waals surface area contributed by atoms with Gasteiger partial charge in [-0.25, -0.2) is 16.8 Å². The summed E-state index contributed by atoms with van der Waals surface area (Å²) in [5.74, 6) is -0.385. The van der Waals surface area contributed by atoms with Gasteiger partial charge in [0.15, 0.2) is 0 Å². The number of benzene rings is 2. The van der Waals surface area contributed by atoms with E-state index in [1.165, 1.54) is 8.61 Å². The van der Waals surface area contributed by atoms with E-state index in [2.05, 4.69) is 5.32 Å². The van der Waals surface area contributed by atoms with Crippen molar-refractivity contribution in [3.63, 3.8) is 0 Å².